The van der Waals surface area contributed by atoms with E-state index in [1.807, 2.05) is 116 Å². The van der Waals surface area contributed by atoms with E-state index in [9.17, 15) is 10.5 Å². The first kappa shape index (κ1) is 64.8. The van der Waals surface area contributed by atoms with E-state index in [2.05, 4.69) is 190 Å². The van der Waals surface area contributed by atoms with Crippen molar-refractivity contribution < 1.29 is 27.5 Å². The van der Waals surface area contributed by atoms with E-state index < -0.39 is 36.6 Å². The van der Waals surface area contributed by atoms with Crippen LogP contribution in [-0.2, 0) is 18.6 Å². The normalized spacial score (nSPS) is 15.1. The second kappa shape index (κ2) is 24.9. The zero-order valence-electron chi connectivity index (χ0n) is 57.6. The molecule has 14 nitrogen and oxygen atoms in total. The minimum atomic E-state index is -0.534. The standard InChI is InChI=1S/C43H23N5O.C31H33B2NO5.C12H7BrN2/c44-24-25-9-11-38-36(17-25)37-21-26(10-12-39(37)49-38)29-18-30(34-22-27-5-1-13-45-40(27)42-32(34)7-3-15-47-42)20-31(19-29)35-23-28-6-2-14-46-41(28)43-33(35)8-4-16-48-43;1-28(2)29(3,4)37-32(36-28)22-14-21(15-23(17-22)33-38-30(5,6)31(7,8)39-33)20-10-12-27-25(16-20)24-13-19(18-34)9-11-26(24)35-27;13-10-7-8-3-1-5-14-11(8)12-9(10)4-2-6-15-12/h1-23H;9-17H,1-8H3;1-7H. The van der Waals surface area contributed by atoms with Gasteiger partial charge in [0.05, 0.1) is 78.8 Å². The summed E-state index contributed by atoms with van der Waals surface area (Å²) in [5, 5.41) is 29.1. The largest absolute Gasteiger partial charge is 0.494 e. The summed E-state index contributed by atoms with van der Waals surface area (Å²) in [4.78, 5) is 27.7. The first-order valence-electron chi connectivity index (χ1n) is 34.1. The van der Waals surface area contributed by atoms with Crippen LogP contribution < -0.4 is 10.9 Å². The molecule has 0 aliphatic carbocycles. The molecule has 2 saturated heterocycles. The summed E-state index contributed by atoms with van der Waals surface area (Å²) in [5.74, 6) is 0. The van der Waals surface area contributed by atoms with Crippen molar-refractivity contribution in [3.8, 4) is 56.6 Å². The molecule has 2 fully saturated rings. The van der Waals surface area contributed by atoms with Gasteiger partial charge in [0.2, 0.25) is 0 Å². The number of hydrogen-bond acceptors (Lipinski definition) is 14. The number of benzene rings is 9. The number of furan rings is 2. The number of pyridine rings is 6. The molecule has 2 aliphatic rings. The second-order valence-electron chi connectivity index (χ2n) is 28.3. The third kappa shape index (κ3) is 11.5. The highest BCUT2D eigenvalue weighted by atomic mass is 79.9. The van der Waals surface area contributed by atoms with E-state index >= 15 is 0 Å². The number of aromatic nitrogens is 6. The van der Waals surface area contributed by atoms with Crippen LogP contribution in [0.25, 0.3) is 154 Å². The minimum absolute atomic E-state index is 0.467. The average molecular weight is 1410 g/mol. The maximum absolute atomic E-state index is 9.60. The summed E-state index contributed by atoms with van der Waals surface area (Å²) in [7, 11) is -1.07. The van der Waals surface area contributed by atoms with Gasteiger partial charge in [0.15, 0.2) is 0 Å². The molecule has 0 radical (unpaired) electrons. The highest BCUT2D eigenvalue weighted by Gasteiger charge is 2.54. The Hall–Kier alpha value is -11.5. The molecule has 496 valence electrons. The van der Waals surface area contributed by atoms with E-state index in [0.29, 0.717) is 11.1 Å². The SMILES string of the molecule is Brc1cc2cccnc2c2ncccc12.CC1(C)OB(c2cc(B3OC(C)(C)C(C)(C)O3)cc(-c3ccc4oc5ccc(C#N)cc5c4c3)c2)OC1(C)C.N#Cc1ccc2oc3ccc(-c4cc(-c5cc6cccnc6c6ncccc56)cc(-c5cc6cccnc6c6ncccc56)c4)cc3c2c1. The van der Waals surface area contributed by atoms with Crippen LogP contribution in [0.1, 0.15) is 66.5 Å². The highest BCUT2D eigenvalue weighted by molar-refractivity contribution is 9.10. The average Bonchev–Trinajstić information content (AvgIpc) is 1.66. The fourth-order valence-corrected chi connectivity index (χ4v) is 14.6. The lowest BCUT2D eigenvalue weighted by atomic mass is 9.70. The molecule has 0 saturated carbocycles. The molecule has 9 aromatic carbocycles. The van der Waals surface area contributed by atoms with Crippen LogP contribution in [0.2, 0.25) is 0 Å². The highest BCUT2D eigenvalue weighted by Crippen LogP contribution is 2.44. The minimum Gasteiger partial charge on any atom is -0.456 e. The molecule has 17 heteroatoms. The fourth-order valence-electron chi connectivity index (χ4n) is 14.0. The van der Waals surface area contributed by atoms with Crippen molar-refractivity contribution in [2.75, 3.05) is 0 Å². The Labute approximate surface area is 601 Å². The van der Waals surface area contributed by atoms with Gasteiger partial charge in [-0.2, -0.15) is 10.5 Å². The fraction of sp³-hybridized carbons (Fsp3) is 0.140. The summed E-state index contributed by atoms with van der Waals surface area (Å²) in [6.45, 7) is 16.4. The topological polar surface area (TPSA) is 188 Å². The van der Waals surface area contributed by atoms with Crippen molar-refractivity contribution in [1.29, 1.82) is 10.5 Å². The first-order valence-corrected chi connectivity index (χ1v) is 34.9. The van der Waals surface area contributed by atoms with Crippen LogP contribution in [0.15, 0.2) is 251 Å². The van der Waals surface area contributed by atoms with Crippen molar-refractivity contribution in [2.45, 2.75) is 77.8 Å². The number of rotatable bonds is 6. The van der Waals surface area contributed by atoms with Gasteiger partial charge in [-0.25, -0.2) is 0 Å². The van der Waals surface area contributed by atoms with Crippen LogP contribution in [0, 0.1) is 22.7 Å². The molecule has 0 spiro atoms. The van der Waals surface area contributed by atoms with E-state index in [-0.39, 0.29) is 0 Å². The van der Waals surface area contributed by atoms with Crippen LogP contribution in [0.5, 0.6) is 0 Å². The molecule has 0 bridgehead atoms. The zero-order valence-corrected chi connectivity index (χ0v) is 59.2. The predicted octanol–water partition coefficient (Wildman–Crippen LogP) is 19.9. The number of hydrogen-bond donors (Lipinski definition) is 0. The number of halogens is 1. The van der Waals surface area contributed by atoms with Crippen LogP contribution in [-0.4, -0.2) is 66.5 Å². The van der Waals surface area contributed by atoms with Crippen LogP contribution in [0.3, 0.4) is 0 Å². The lowest BCUT2D eigenvalue weighted by Gasteiger charge is -2.32. The van der Waals surface area contributed by atoms with Gasteiger partial charge in [0.1, 0.15) is 22.3 Å². The smallest absolute Gasteiger partial charge is 0.456 e. The molecule has 0 N–H and O–H groups in total. The molecule has 0 atom stereocenters. The van der Waals surface area contributed by atoms with Crippen molar-refractivity contribution in [3.63, 3.8) is 0 Å². The molecule has 0 unspecified atom stereocenters. The van der Waals surface area contributed by atoms with Gasteiger partial charge < -0.3 is 27.5 Å². The van der Waals surface area contributed by atoms with Gasteiger partial charge in [0.25, 0.3) is 0 Å². The Morgan fingerprint density at radius 3 is 1.05 bits per heavy atom. The third-order valence-corrected chi connectivity index (χ3v) is 21.4. The molecular weight excluding hydrogens is 1340 g/mol. The summed E-state index contributed by atoms with van der Waals surface area (Å²) in [5.41, 5.74) is 17.9. The van der Waals surface area contributed by atoms with Crippen LogP contribution in [0.4, 0.5) is 0 Å². The van der Waals surface area contributed by atoms with E-state index in [4.69, 9.17) is 47.4 Å². The number of fused-ring (bicyclic) bond motifs is 15. The van der Waals surface area contributed by atoms with E-state index in [0.717, 1.165) is 169 Å². The Morgan fingerprint density at radius 1 is 0.311 bits per heavy atom. The van der Waals surface area contributed by atoms with E-state index in [1.54, 1.807) is 24.5 Å². The Balaban J connectivity index is 0.000000129. The van der Waals surface area contributed by atoms with Crippen molar-refractivity contribution >= 4 is 150 Å². The van der Waals surface area contributed by atoms with Gasteiger partial charge in [-0.15, -0.1) is 0 Å². The van der Waals surface area contributed by atoms with Gasteiger partial charge in [0, 0.05) is 95.5 Å². The summed E-state index contributed by atoms with van der Waals surface area (Å²) >= 11 is 3.55. The summed E-state index contributed by atoms with van der Waals surface area (Å²) in [6.07, 6.45) is 10.9. The lowest BCUT2D eigenvalue weighted by Crippen LogP contribution is -2.41. The van der Waals surface area contributed by atoms with Gasteiger partial charge in [-0.1, -0.05) is 82.7 Å². The summed E-state index contributed by atoms with van der Waals surface area (Å²) in [6, 6.07) is 71.8. The van der Waals surface area contributed by atoms with Crippen molar-refractivity contribution in [1.82, 2.24) is 29.9 Å². The maximum atomic E-state index is 9.60. The molecule has 2 aliphatic heterocycles. The zero-order chi connectivity index (χ0) is 70.7. The molecule has 19 rings (SSSR count). The van der Waals surface area contributed by atoms with E-state index in [1.165, 1.54) is 0 Å². The molecule has 8 aromatic heterocycles. The van der Waals surface area contributed by atoms with Crippen molar-refractivity contribution in [2.24, 2.45) is 0 Å². The first-order chi connectivity index (χ1) is 49.8. The molecular formula is C86H63B2BrN8O6. The monoisotopic (exact) mass is 1400 g/mol. The third-order valence-electron chi connectivity index (χ3n) is 20.8. The Kier molecular flexibility index (Phi) is 15.7. The number of nitriles is 2. The van der Waals surface area contributed by atoms with Gasteiger partial charge in [-0.3, -0.25) is 29.9 Å². The van der Waals surface area contributed by atoms with Gasteiger partial charge >= 0.3 is 14.2 Å². The Morgan fingerprint density at radius 2 is 0.641 bits per heavy atom. The summed E-state index contributed by atoms with van der Waals surface area (Å²) < 4.78 is 39.0. The lowest BCUT2D eigenvalue weighted by molar-refractivity contribution is 0.00578. The predicted molar refractivity (Wildman–Crippen MR) is 416 cm³/mol. The molecule has 10 heterocycles. The van der Waals surface area contributed by atoms with Gasteiger partial charge in [-0.05, 0) is 244 Å². The quantitative estimate of drug-likeness (QED) is 0.113. The molecule has 0 amide bonds. The second-order valence-corrected chi connectivity index (χ2v) is 29.1. The van der Waals surface area contributed by atoms with Crippen molar-refractivity contribution in [3.05, 3.63) is 253 Å². The number of nitrogens with zero attached hydrogens (tertiary/aromatic N) is 8. The molecule has 17 aromatic rings. The van der Waals surface area contributed by atoms with Crippen LogP contribution >= 0.6 is 15.9 Å². The maximum Gasteiger partial charge on any atom is 0.494 e. The Bertz CT molecular complexity index is 6230. The molecule has 103 heavy (non-hydrogen) atoms.